The van der Waals surface area contributed by atoms with Crippen molar-refractivity contribution in [3.63, 3.8) is 0 Å². The highest BCUT2D eigenvalue weighted by molar-refractivity contribution is 5.78. The van der Waals surface area contributed by atoms with Gasteiger partial charge in [0, 0.05) is 11.7 Å². The Kier molecular flexibility index (Phi) is 3.19. The van der Waals surface area contributed by atoms with Crippen LogP contribution in [0.4, 0.5) is 5.69 Å². The van der Waals surface area contributed by atoms with Crippen molar-refractivity contribution in [2.24, 2.45) is 5.92 Å². The number of piperidine rings is 1. The molecule has 1 saturated heterocycles. The summed E-state index contributed by atoms with van der Waals surface area (Å²) in [5, 5.41) is 7.03. The Morgan fingerprint density at radius 1 is 1.33 bits per heavy atom. The topological polar surface area (TPSA) is 52.7 Å². The van der Waals surface area contributed by atoms with Crippen LogP contribution in [-0.2, 0) is 0 Å². The van der Waals surface area contributed by atoms with Crippen LogP contribution in [0, 0.1) is 5.92 Å². The van der Waals surface area contributed by atoms with Crippen molar-refractivity contribution in [1.82, 2.24) is 15.3 Å². The van der Waals surface area contributed by atoms with Crippen LogP contribution in [0.3, 0.4) is 0 Å². The minimum atomic E-state index is 0.521. The molecular weight excluding hydrogens is 224 g/mol. The van der Waals surface area contributed by atoms with Gasteiger partial charge in [0.25, 0.3) is 0 Å². The quantitative estimate of drug-likeness (QED) is 0.777. The summed E-state index contributed by atoms with van der Waals surface area (Å²) in [5.74, 6) is 0.767. The van der Waals surface area contributed by atoms with E-state index >= 15 is 0 Å². The third kappa shape index (κ3) is 2.34. The lowest BCUT2D eigenvalue weighted by molar-refractivity contribution is 0.343. The van der Waals surface area contributed by atoms with E-state index in [4.69, 9.17) is 0 Å². The van der Waals surface area contributed by atoms with Crippen molar-refractivity contribution in [2.45, 2.75) is 25.8 Å². The zero-order valence-electron chi connectivity index (χ0n) is 10.7. The molecule has 0 saturated carbocycles. The molecule has 1 aliphatic heterocycles. The largest absolute Gasteiger partial charge is 0.382 e. The number of H-pyrrole nitrogens is 1. The summed E-state index contributed by atoms with van der Waals surface area (Å²) in [4.78, 5) is 7.39. The number of benzene rings is 1. The average molecular weight is 244 g/mol. The minimum absolute atomic E-state index is 0.521. The van der Waals surface area contributed by atoms with Gasteiger partial charge in [0.1, 0.15) is 0 Å². The molecule has 3 N–H and O–H groups in total. The monoisotopic (exact) mass is 244 g/mol. The molecule has 2 aromatic rings. The lowest BCUT2D eigenvalue weighted by atomic mass is 9.91. The van der Waals surface area contributed by atoms with Gasteiger partial charge in [-0.1, -0.05) is 0 Å². The van der Waals surface area contributed by atoms with Gasteiger partial charge in [-0.15, -0.1) is 0 Å². The van der Waals surface area contributed by atoms with Crippen LogP contribution in [-0.4, -0.2) is 29.1 Å². The Morgan fingerprint density at radius 3 is 3.00 bits per heavy atom. The summed E-state index contributed by atoms with van der Waals surface area (Å²) in [6.45, 7) is 4.58. The highest BCUT2D eigenvalue weighted by atomic mass is 14.9. The van der Waals surface area contributed by atoms with E-state index in [0.717, 1.165) is 30.0 Å². The second kappa shape index (κ2) is 4.98. The number of fused-ring (bicyclic) bond motifs is 1. The van der Waals surface area contributed by atoms with E-state index in [9.17, 15) is 0 Å². The second-order valence-corrected chi connectivity index (χ2v) is 5.15. The highest BCUT2D eigenvalue weighted by Crippen LogP contribution is 2.22. The van der Waals surface area contributed by atoms with Gasteiger partial charge < -0.3 is 15.6 Å². The Morgan fingerprint density at radius 2 is 2.17 bits per heavy atom. The Bertz CT molecular complexity index is 513. The number of anilines is 1. The number of imidazole rings is 1. The van der Waals surface area contributed by atoms with Crippen molar-refractivity contribution < 1.29 is 0 Å². The maximum absolute atomic E-state index is 4.24. The fourth-order valence-corrected chi connectivity index (χ4v) is 2.75. The SMILES string of the molecule is CC(Nc1ccc2nc[nH]c2c1)C1CCNCC1. The molecule has 1 aliphatic rings. The zero-order chi connectivity index (χ0) is 12.4. The molecule has 0 amide bonds. The summed E-state index contributed by atoms with van der Waals surface area (Å²) in [7, 11) is 0. The molecule has 1 aromatic carbocycles. The van der Waals surface area contributed by atoms with E-state index in [1.807, 2.05) is 0 Å². The molecule has 1 atom stereocenters. The van der Waals surface area contributed by atoms with Crippen molar-refractivity contribution in [3.8, 4) is 0 Å². The van der Waals surface area contributed by atoms with Crippen LogP contribution < -0.4 is 10.6 Å². The number of rotatable bonds is 3. The van der Waals surface area contributed by atoms with Crippen molar-refractivity contribution in [1.29, 1.82) is 0 Å². The lowest BCUT2D eigenvalue weighted by Gasteiger charge is -2.29. The summed E-state index contributed by atoms with van der Waals surface area (Å²) in [6, 6.07) is 6.83. The molecule has 4 nitrogen and oxygen atoms in total. The van der Waals surface area contributed by atoms with E-state index in [1.54, 1.807) is 6.33 Å². The van der Waals surface area contributed by atoms with Crippen LogP contribution in [0.15, 0.2) is 24.5 Å². The molecule has 0 radical (unpaired) electrons. The summed E-state index contributed by atoms with van der Waals surface area (Å²) >= 11 is 0. The smallest absolute Gasteiger partial charge is 0.0931 e. The number of hydrogen-bond acceptors (Lipinski definition) is 3. The third-order valence-electron chi connectivity index (χ3n) is 3.91. The molecule has 18 heavy (non-hydrogen) atoms. The van der Waals surface area contributed by atoms with Crippen LogP contribution >= 0.6 is 0 Å². The maximum Gasteiger partial charge on any atom is 0.0931 e. The fraction of sp³-hybridized carbons (Fsp3) is 0.500. The van der Waals surface area contributed by atoms with Gasteiger partial charge in [-0.25, -0.2) is 4.98 Å². The first kappa shape index (κ1) is 11.5. The number of nitrogens with zero attached hydrogens (tertiary/aromatic N) is 1. The molecule has 0 spiro atoms. The van der Waals surface area contributed by atoms with E-state index in [2.05, 4.69) is 45.7 Å². The van der Waals surface area contributed by atoms with E-state index in [-0.39, 0.29) is 0 Å². The normalized spacial score (nSPS) is 18.9. The van der Waals surface area contributed by atoms with Crippen molar-refractivity contribution in [3.05, 3.63) is 24.5 Å². The molecule has 3 rings (SSSR count). The summed E-state index contributed by atoms with van der Waals surface area (Å²) < 4.78 is 0. The molecular formula is C14H20N4. The highest BCUT2D eigenvalue weighted by Gasteiger charge is 2.19. The van der Waals surface area contributed by atoms with Gasteiger partial charge in [0.05, 0.1) is 17.4 Å². The predicted octanol–water partition coefficient (Wildman–Crippen LogP) is 2.36. The molecule has 0 bridgehead atoms. The maximum atomic E-state index is 4.24. The Balaban J connectivity index is 1.70. The number of aromatic nitrogens is 2. The van der Waals surface area contributed by atoms with Crippen LogP contribution in [0.25, 0.3) is 11.0 Å². The van der Waals surface area contributed by atoms with E-state index < -0.39 is 0 Å². The molecule has 96 valence electrons. The standard InChI is InChI=1S/C14H20N4/c1-10(11-4-6-15-7-5-11)18-12-2-3-13-14(8-12)17-9-16-13/h2-3,8-11,15,18H,4-7H2,1H3,(H,16,17). The van der Waals surface area contributed by atoms with Crippen molar-refractivity contribution >= 4 is 16.7 Å². The van der Waals surface area contributed by atoms with Gasteiger partial charge in [-0.05, 0) is 57.0 Å². The molecule has 1 aromatic heterocycles. The fourth-order valence-electron chi connectivity index (χ4n) is 2.75. The molecule has 1 fully saturated rings. The van der Waals surface area contributed by atoms with Gasteiger partial charge in [-0.3, -0.25) is 0 Å². The Labute approximate surface area is 107 Å². The molecule has 1 unspecified atom stereocenters. The first-order valence-electron chi connectivity index (χ1n) is 6.73. The second-order valence-electron chi connectivity index (χ2n) is 5.15. The molecule has 2 heterocycles. The molecule has 4 heteroatoms. The van der Waals surface area contributed by atoms with Gasteiger partial charge in [-0.2, -0.15) is 0 Å². The van der Waals surface area contributed by atoms with Crippen LogP contribution in [0.5, 0.6) is 0 Å². The van der Waals surface area contributed by atoms with E-state index in [0.29, 0.717) is 6.04 Å². The number of hydrogen-bond donors (Lipinski definition) is 3. The molecule has 0 aliphatic carbocycles. The van der Waals surface area contributed by atoms with Crippen LogP contribution in [0.1, 0.15) is 19.8 Å². The summed E-state index contributed by atoms with van der Waals surface area (Å²) in [6.07, 6.45) is 4.27. The van der Waals surface area contributed by atoms with Crippen molar-refractivity contribution in [2.75, 3.05) is 18.4 Å². The van der Waals surface area contributed by atoms with Gasteiger partial charge >= 0.3 is 0 Å². The number of aromatic amines is 1. The summed E-state index contributed by atoms with van der Waals surface area (Å²) in [5.41, 5.74) is 3.30. The lowest BCUT2D eigenvalue weighted by Crippen LogP contribution is -2.36. The van der Waals surface area contributed by atoms with Gasteiger partial charge in [0.15, 0.2) is 0 Å². The van der Waals surface area contributed by atoms with Crippen LogP contribution in [0.2, 0.25) is 0 Å². The van der Waals surface area contributed by atoms with Gasteiger partial charge in [0.2, 0.25) is 0 Å². The first-order chi connectivity index (χ1) is 8.83. The average Bonchev–Trinajstić information content (AvgIpc) is 2.87. The first-order valence-corrected chi connectivity index (χ1v) is 6.73. The predicted molar refractivity (Wildman–Crippen MR) is 74.8 cm³/mol. The third-order valence-corrected chi connectivity index (χ3v) is 3.91. The Hall–Kier alpha value is -1.55. The zero-order valence-corrected chi connectivity index (χ0v) is 10.7. The van der Waals surface area contributed by atoms with E-state index in [1.165, 1.54) is 18.5 Å². The minimum Gasteiger partial charge on any atom is -0.382 e. The number of nitrogens with one attached hydrogen (secondary N) is 3.